The van der Waals surface area contributed by atoms with Crippen LogP contribution in [0.2, 0.25) is 0 Å². The number of rotatable bonds is 12. The number of hydrogen-bond acceptors (Lipinski definition) is 4. The van der Waals surface area contributed by atoms with E-state index in [1.54, 1.807) is 43.3 Å². The molecule has 0 aromatic heterocycles. The molecule has 220 valence electrons. The van der Waals surface area contributed by atoms with Crippen LogP contribution >= 0.6 is 0 Å². The van der Waals surface area contributed by atoms with E-state index in [4.69, 9.17) is 0 Å². The smallest absolute Gasteiger partial charge is 0.264 e. The molecule has 0 aliphatic rings. The third-order valence-electron chi connectivity index (χ3n) is 7.32. The summed E-state index contributed by atoms with van der Waals surface area (Å²) in [5.74, 6) is -1.29. The third-order valence-corrected chi connectivity index (χ3v) is 9.11. The molecular weight excluding hydrogens is 541 g/mol. The number of benzene rings is 3. The van der Waals surface area contributed by atoms with Gasteiger partial charge in [-0.25, -0.2) is 12.8 Å². The highest BCUT2D eigenvalue weighted by Crippen LogP contribution is 2.27. The van der Waals surface area contributed by atoms with Crippen LogP contribution in [0, 0.1) is 26.6 Å². The molecule has 3 aromatic carbocycles. The lowest BCUT2D eigenvalue weighted by Gasteiger charge is -2.34. The number of nitrogens with zero attached hydrogens (tertiary/aromatic N) is 2. The molecule has 0 saturated heterocycles. The van der Waals surface area contributed by atoms with Gasteiger partial charge in [0.1, 0.15) is 18.4 Å². The van der Waals surface area contributed by atoms with Crippen LogP contribution < -0.4 is 9.62 Å². The van der Waals surface area contributed by atoms with E-state index in [1.807, 2.05) is 40.7 Å². The number of nitrogens with one attached hydrogen (secondary N) is 1. The SMILES string of the molecule is CC[C@H](C(=O)N[C@@H](C)CC)N(Cc1ccc(F)cc1)C(=O)CN(c1ccc(C)c(C)c1)S(=O)(=O)c1ccc(C)cc1. The summed E-state index contributed by atoms with van der Waals surface area (Å²) in [5.41, 5.74) is 3.73. The summed E-state index contributed by atoms with van der Waals surface area (Å²) < 4.78 is 42.7. The van der Waals surface area contributed by atoms with Gasteiger partial charge in [0.05, 0.1) is 10.6 Å². The van der Waals surface area contributed by atoms with Crippen LogP contribution in [-0.2, 0) is 26.2 Å². The molecule has 0 aliphatic carbocycles. The summed E-state index contributed by atoms with van der Waals surface area (Å²) in [6.45, 7) is 10.8. The summed E-state index contributed by atoms with van der Waals surface area (Å²) in [6.07, 6.45) is 1.02. The number of anilines is 1. The summed E-state index contributed by atoms with van der Waals surface area (Å²) >= 11 is 0. The first-order valence-electron chi connectivity index (χ1n) is 13.9. The van der Waals surface area contributed by atoms with Gasteiger partial charge in [-0.2, -0.15) is 0 Å². The fourth-order valence-corrected chi connectivity index (χ4v) is 5.80. The monoisotopic (exact) mass is 581 g/mol. The van der Waals surface area contributed by atoms with Gasteiger partial charge in [-0.1, -0.05) is 49.7 Å². The minimum atomic E-state index is -4.15. The number of carbonyl (C=O) groups is 2. The minimum Gasteiger partial charge on any atom is -0.352 e. The van der Waals surface area contributed by atoms with Crippen molar-refractivity contribution < 1.29 is 22.4 Å². The fraction of sp³-hybridized carbons (Fsp3) is 0.375. The van der Waals surface area contributed by atoms with E-state index < -0.39 is 34.3 Å². The van der Waals surface area contributed by atoms with Crippen LogP contribution in [0.4, 0.5) is 10.1 Å². The summed E-state index contributed by atoms with van der Waals surface area (Å²) in [5, 5.41) is 2.95. The van der Waals surface area contributed by atoms with Crippen LogP contribution in [0.25, 0.3) is 0 Å². The maximum atomic E-state index is 14.1. The van der Waals surface area contributed by atoms with Crippen LogP contribution in [0.5, 0.6) is 0 Å². The highest BCUT2D eigenvalue weighted by Gasteiger charge is 2.34. The van der Waals surface area contributed by atoms with Crippen molar-refractivity contribution in [3.05, 3.63) is 94.8 Å². The molecule has 0 aliphatic heterocycles. The number of aryl methyl sites for hydroxylation is 3. The number of halogens is 1. The van der Waals surface area contributed by atoms with E-state index >= 15 is 0 Å². The molecule has 0 unspecified atom stereocenters. The maximum absolute atomic E-state index is 14.1. The molecule has 0 radical (unpaired) electrons. The van der Waals surface area contributed by atoms with E-state index in [0.29, 0.717) is 24.1 Å². The fourth-order valence-electron chi connectivity index (χ4n) is 4.39. The Morgan fingerprint density at radius 3 is 2.07 bits per heavy atom. The average Bonchev–Trinajstić information content (AvgIpc) is 2.94. The first-order chi connectivity index (χ1) is 19.4. The van der Waals surface area contributed by atoms with Gasteiger partial charge in [0.15, 0.2) is 0 Å². The molecular formula is C32H40FN3O4S. The van der Waals surface area contributed by atoms with E-state index in [9.17, 15) is 22.4 Å². The summed E-state index contributed by atoms with van der Waals surface area (Å²) in [7, 11) is -4.15. The zero-order valence-electron chi connectivity index (χ0n) is 24.6. The van der Waals surface area contributed by atoms with Gasteiger partial charge in [-0.3, -0.25) is 13.9 Å². The molecule has 0 spiro atoms. The van der Waals surface area contributed by atoms with Gasteiger partial charge in [-0.05, 0) is 93.6 Å². The Bertz CT molecular complexity index is 1460. The normalized spacial score (nSPS) is 12.9. The first kappa shape index (κ1) is 31.8. The molecule has 0 fully saturated rings. The number of hydrogen-bond donors (Lipinski definition) is 1. The largest absolute Gasteiger partial charge is 0.352 e. The number of amides is 2. The van der Waals surface area contributed by atoms with Gasteiger partial charge in [0, 0.05) is 12.6 Å². The van der Waals surface area contributed by atoms with Gasteiger partial charge in [0.25, 0.3) is 10.0 Å². The predicted molar refractivity (Wildman–Crippen MR) is 161 cm³/mol. The van der Waals surface area contributed by atoms with Crippen molar-refractivity contribution in [2.45, 2.75) is 77.9 Å². The topological polar surface area (TPSA) is 86.8 Å². The first-order valence-corrected chi connectivity index (χ1v) is 15.3. The lowest BCUT2D eigenvalue weighted by molar-refractivity contribution is -0.140. The predicted octanol–water partition coefficient (Wildman–Crippen LogP) is 5.67. The summed E-state index contributed by atoms with van der Waals surface area (Å²) in [6, 6.07) is 16.4. The zero-order valence-corrected chi connectivity index (χ0v) is 25.5. The Morgan fingerprint density at radius 1 is 0.878 bits per heavy atom. The van der Waals surface area contributed by atoms with E-state index in [1.165, 1.54) is 29.2 Å². The second-order valence-corrected chi connectivity index (χ2v) is 12.3. The van der Waals surface area contributed by atoms with Gasteiger partial charge < -0.3 is 10.2 Å². The van der Waals surface area contributed by atoms with Crippen LogP contribution in [0.3, 0.4) is 0 Å². The second kappa shape index (κ2) is 13.8. The van der Waals surface area contributed by atoms with Gasteiger partial charge >= 0.3 is 0 Å². The quantitative estimate of drug-likeness (QED) is 0.299. The van der Waals surface area contributed by atoms with E-state index in [2.05, 4.69) is 5.32 Å². The van der Waals surface area contributed by atoms with Crippen LogP contribution in [0.1, 0.15) is 55.9 Å². The van der Waals surface area contributed by atoms with Crippen LogP contribution in [0.15, 0.2) is 71.6 Å². The molecule has 0 saturated carbocycles. The Kier molecular flexibility index (Phi) is 10.7. The lowest BCUT2D eigenvalue weighted by Crippen LogP contribution is -2.53. The summed E-state index contributed by atoms with van der Waals surface area (Å²) in [4.78, 5) is 28.9. The molecule has 9 heteroatoms. The van der Waals surface area contributed by atoms with E-state index in [0.717, 1.165) is 21.0 Å². The zero-order chi connectivity index (χ0) is 30.3. The molecule has 0 heterocycles. The third kappa shape index (κ3) is 7.94. The van der Waals surface area contributed by atoms with Gasteiger partial charge in [-0.15, -0.1) is 0 Å². The Balaban J connectivity index is 2.08. The maximum Gasteiger partial charge on any atom is 0.264 e. The van der Waals surface area contributed by atoms with Crippen molar-refractivity contribution in [3.63, 3.8) is 0 Å². The minimum absolute atomic E-state index is 0.0108. The number of sulfonamides is 1. The Morgan fingerprint density at radius 2 is 1.51 bits per heavy atom. The highest BCUT2D eigenvalue weighted by molar-refractivity contribution is 7.92. The standard InChI is InChI=1S/C32H40FN3O4S/c1-7-25(6)34-32(38)30(8-2)35(20-26-12-14-27(33)15-13-26)31(37)21-36(28-16-11-23(4)24(5)19-28)41(39,40)29-17-9-22(3)10-18-29/h9-19,25,30H,7-8,20-21H2,1-6H3,(H,34,38)/t25-,30+/m0/s1. The molecule has 3 aromatic rings. The second-order valence-electron chi connectivity index (χ2n) is 10.5. The van der Waals surface area contributed by atoms with Crippen molar-refractivity contribution in [2.75, 3.05) is 10.8 Å². The molecule has 0 bridgehead atoms. The van der Waals surface area contributed by atoms with Crippen molar-refractivity contribution in [3.8, 4) is 0 Å². The molecule has 2 atom stereocenters. The van der Waals surface area contributed by atoms with Crippen molar-refractivity contribution in [1.29, 1.82) is 0 Å². The number of carbonyl (C=O) groups excluding carboxylic acids is 2. The van der Waals surface area contributed by atoms with Crippen LogP contribution in [-0.4, -0.2) is 43.8 Å². The molecule has 2 amide bonds. The molecule has 7 nitrogen and oxygen atoms in total. The molecule has 41 heavy (non-hydrogen) atoms. The molecule has 1 N–H and O–H groups in total. The van der Waals surface area contributed by atoms with Gasteiger partial charge in [0.2, 0.25) is 11.8 Å². The Labute approximate surface area is 243 Å². The average molecular weight is 582 g/mol. The van der Waals surface area contributed by atoms with Crippen molar-refractivity contribution in [1.82, 2.24) is 10.2 Å². The molecule has 3 rings (SSSR count). The van der Waals surface area contributed by atoms with Crippen molar-refractivity contribution >= 4 is 27.5 Å². The van der Waals surface area contributed by atoms with E-state index in [-0.39, 0.29) is 23.4 Å². The lowest BCUT2D eigenvalue weighted by atomic mass is 10.1. The highest BCUT2D eigenvalue weighted by atomic mass is 32.2. The Hall–Kier alpha value is -3.72. The van der Waals surface area contributed by atoms with Crippen molar-refractivity contribution in [2.24, 2.45) is 0 Å².